The van der Waals surface area contributed by atoms with E-state index in [4.69, 9.17) is 9.66 Å². The van der Waals surface area contributed by atoms with Gasteiger partial charge in [-0.1, -0.05) is 29.4 Å². The summed E-state index contributed by atoms with van der Waals surface area (Å²) >= 11 is 0. The molecule has 0 amide bonds. The minimum atomic E-state index is -4.48. The van der Waals surface area contributed by atoms with E-state index >= 15 is 0 Å². The summed E-state index contributed by atoms with van der Waals surface area (Å²) in [5.41, 5.74) is 0.605. The molecule has 3 rings (SSSR count). The number of hydrogen-bond donors (Lipinski definition) is 1. The van der Waals surface area contributed by atoms with Crippen LogP contribution in [0.2, 0.25) is 0 Å². The van der Waals surface area contributed by atoms with E-state index in [-0.39, 0.29) is 16.2 Å². The molecule has 5 nitrogen and oxygen atoms in total. The lowest BCUT2D eigenvalue weighted by Crippen LogP contribution is -2.11. The van der Waals surface area contributed by atoms with Crippen LogP contribution in [-0.4, -0.2) is 13.6 Å². The SMILES string of the molecule is NS(=O)(=O)c1ccc(-c2conc2-c2cccc(C(F)(F)F)c2)cc1. The molecule has 130 valence electrons. The van der Waals surface area contributed by atoms with Gasteiger partial charge in [0.05, 0.1) is 10.5 Å². The maximum atomic E-state index is 12.9. The summed E-state index contributed by atoms with van der Waals surface area (Å²) in [6, 6.07) is 10.2. The van der Waals surface area contributed by atoms with Crippen LogP contribution in [0.25, 0.3) is 22.4 Å². The molecule has 0 saturated carbocycles. The maximum Gasteiger partial charge on any atom is 0.416 e. The zero-order chi connectivity index (χ0) is 18.2. The third kappa shape index (κ3) is 3.57. The van der Waals surface area contributed by atoms with Crippen molar-refractivity contribution >= 4 is 10.0 Å². The fourth-order valence-electron chi connectivity index (χ4n) is 2.32. The zero-order valence-electron chi connectivity index (χ0n) is 12.5. The molecule has 1 aromatic heterocycles. The van der Waals surface area contributed by atoms with E-state index in [1.807, 2.05) is 0 Å². The molecule has 0 bridgehead atoms. The monoisotopic (exact) mass is 368 g/mol. The summed E-state index contributed by atoms with van der Waals surface area (Å²) in [5.74, 6) is 0. The van der Waals surface area contributed by atoms with Crippen LogP contribution in [0.3, 0.4) is 0 Å². The van der Waals surface area contributed by atoms with Crippen LogP contribution in [0.4, 0.5) is 13.2 Å². The van der Waals surface area contributed by atoms with Crippen molar-refractivity contribution in [1.29, 1.82) is 0 Å². The predicted molar refractivity (Wildman–Crippen MR) is 83.8 cm³/mol. The van der Waals surface area contributed by atoms with Crippen LogP contribution in [0.1, 0.15) is 5.56 Å². The van der Waals surface area contributed by atoms with E-state index in [0.29, 0.717) is 11.1 Å². The Morgan fingerprint density at radius 1 is 1.00 bits per heavy atom. The van der Waals surface area contributed by atoms with Crippen LogP contribution in [0.15, 0.2) is 64.2 Å². The minimum absolute atomic E-state index is 0.0756. The van der Waals surface area contributed by atoms with Crippen molar-refractivity contribution in [3.8, 4) is 22.4 Å². The average Bonchev–Trinajstić information content (AvgIpc) is 3.03. The zero-order valence-corrected chi connectivity index (χ0v) is 13.3. The van der Waals surface area contributed by atoms with Crippen LogP contribution in [0, 0.1) is 0 Å². The highest BCUT2D eigenvalue weighted by Crippen LogP contribution is 2.35. The molecule has 0 atom stereocenters. The number of nitrogens with zero attached hydrogens (tertiary/aromatic N) is 1. The summed E-state index contributed by atoms with van der Waals surface area (Å²) in [5, 5.41) is 8.81. The lowest BCUT2D eigenvalue weighted by molar-refractivity contribution is -0.137. The van der Waals surface area contributed by atoms with E-state index < -0.39 is 21.8 Å². The highest BCUT2D eigenvalue weighted by Gasteiger charge is 2.30. The lowest BCUT2D eigenvalue weighted by atomic mass is 10.0. The van der Waals surface area contributed by atoms with Gasteiger partial charge in [0.15, 0.2) is 0 Å². The Balaban J connectivity index is 2.05. The molecule has 0 unspecified atom stereocenters. The van der Waals surface area contributed by atoms with Crippen molar-refractivity contribution in [3.05, 3.63) is 60.4 Å². The van der Waals surface area contributed by atoms with E-state index in [0.717, 1.165) is 12.1 Å². The lowest BCUT2D eigenvalue weighted by Gasteiger charge is -2.08. The first-order chi connectivity index (χ1) is 11.7. The van der Waals surface area contributed by atoms with E-state index in [1.54, 1.807) is 0 Å². The molecular formula is C16H11F3N2O3S. The second-order valence-electron chi connectivity index (χ2n) is 5.22. The van der Waals surface area contributed by atoms with E-state index in [9.17, 15) is 21.6 Å². The Bertz CT molecular complexity index is 1010. The minimum Gasteiger partial charge on any atom is -0.363 e. The summed E-state index contributed by atoms with van der Waals surface area (Å²) in [6.45, 7) is 0. The number of benzene rings is 2. The van der Waals surface area contributed by atoms with Gasteiger partial charge in [-0.05, 0) is 29.8 Å². The molecule has 0 radical (unpaired) electrons. The van der Waals surface area contributed by atoms with Gasteiger partial charge < -0.3 is 4.52 Å². The van der Waals surface area contributed by atoms with Crippen molar-refractivity contribution in [1.82, 2.24) is 5.16 Å². The fraction of sp³-hybridized carbons (Fsp3) is 0.0625. The molecule has 0 aliphatic rings. The molecular weight excluding hydrogens is 357 g/mol. The summed E-state index contributed by atoms with van der Waals surface area (Å²) in [6.07, 6.45) is -3.20. The topological polar surface area (TPSA) is 86.2 Å². The average molecular weight is 368 g/mol. The number of primary sulfonamides is 1. The van der Waals surface area contributed by atoms with Crippen molar-refractivity contribution in [2.24, 2.45) is 5.14 Å². The molecule has 0 aliphatic heterocycles. The van der Waals surface area contributed by atoms with Gasteiger partial charge in [-0.3, -0.25) is 0 Å². The van der Waals surface area contributed by atoms with Crippen LogP contribution < -0.4 is 5.14 Å². The molecule has 9 heteroatoms. The molecule has 3 aromatic rings. The third-order valence-corrected chi connectivity index (χ3v) is 4.46. The standard InChI is InChI=1S/C16H11F3N2O3S/c17-16(18,19)12-3-1-2-11(8-12)15-14(9-24-21-15)10-4-6-13(7-5-10)25(20,22)23/h1-9H,(H2,20,22,23). The summed E-state index contributed by atoms with van der Waals surface area (Å²) < 4.78 is 66.1. The largest absolute Gasteiger partial charge is 0.416 e. The van der Waals surface area contributed by atoms with Gasteiger partial charge >= 0.3 is 6.18 Å². The molecule has 0 aliphatic carbocycles. The first-order valence-electron chi connectivity index (χ1n) is 6.91. The molecule has 25 heavy (non-hydrogen) atoms. The smallest absolute Gasteiger partial charge is 0.363 e. The van der Waals surface area contributed by atoms with Crippen LogP contribution >= 0.6 is 0 Å². The van der Waals surface area contributed by atoms with E-state index in [2.05, 4.69) is 5.16 Å². The van der Waals surface area contributed by atoms with Gasteiger partial charge in [-0.15, -0.1) is 0 Å². The van der Waals surface area contributed by atoms with Gasteiger partial charge in [0.1, 0.15) is 12.0 Å². The predicted octanol–water partition coefficient (Wildman–Crippen LogP) is 3.67. The van der Waals surface area contributed by atoms with Crippen molar-refractivity contribution in [2.75, 3.05) is 0 Å². The van der Waals surface area contributed by atoms with E-state index in [1.165, 1.54) is 42.7 Å². The van der Waals surface area contributed by atoms with Crippen LogP contribution in [-0.2, 0) is 16.2 Å². The Kier molecular flexibility index (Phi) is 4.13. The summed E-state index contributed by atoms with van der Waals surface area (Å²) in [7, 11) is -3.84. The van der Waals surface area contributed by atoms with Gasteiger partial charge in [0, 0.05) is 11.1 Å². The molecule has 0 saturated heterocycles. The molecule has 0 fully saturated rings. The number of sulfonamides is 1. The van der Waals surface area contributed by atoms with Gasteiger partial charge in [-0.2, -0.15) is 13.2 Å². The first-order valence-corrected chi connectivity index (χ1v) is 8.46. The Labute approximate surface area is 140 Å². The van der Waals surface area contributed by atoms with Gasteiger partial charge in [-0.25, -0.2) is 13.6 Å². The summed E-state index contributed by atoms with van der Waals surface area (Å²) in [4.78, 5) is -0.0756. The number of hydrogen-bond acceptors (Lipinski definition) is 4. The normalized spacial score (nSPS) is 12.3. The highest BCUT2D eigenvalue weighted by molar-refractivity contribution is 7.89. The number of rotatable bonds is 3. The number of alkyl halides is 3. The van der Waals surface area contributed by atoms with Crippen molar-refractivity contribution in [2.45, 2.75) is 11.1 Å². The first kappa shape index (κ1) is 17.2. The number of aromatic nitrogens is 1. The maximum absolute atomic E-state index is 12.9. The molecule has 2 N–H and O–H groups in total. The van der Waals surface area contributed by atoms with Crippen molar-refractivity contribution < 1.29 is 26.1 Å². The Hall–Kier alpha value is -2.65. The third-order valence-electron chi connectivity index (χ3n) is 3.53. The molecule has 0 spiro atoms. The highest BCUT2D eigenvalue weighted by atomic mass is 32.2. The Morgan fingerprint density at radius 2 is 1.68 bits per heavy atom. The van der Waals surface area contributed by atoms with Gasteiger partial charge in [0.2, 0.25) is 10.0 Å². The second kappa shape index (κ2) is 6.01. The quantitative estimate of drug-likeness (QED) is 0.764. The van der Waals surface area contributed by atoms with Gasteiger partial charge in [0.25, 0.3) is 0 Å². The number of halogens is 3. The van der Waals surface area contributed by atoms with Crippen LogP contribution in [0.5, 0.6) is 0 Å². The molecule has 2 aromatic carbocycles. The molecule has 1 heterocycles. The van der Waals surface area contributed by atoms with Crippen molar-refractivity contribution in [3.63, 3.8) is 0 Å². The Morgan fingerprint density at radius 3 is 2.28 bits per heavy atom. The fourth-order valence-corrected chi connectivity index (χ4v) is 2.83. The second-order valence-corrected chi connectivity index (χ2v) is 6.79. The number of nitrogens with two attached hydrogens (primary N) is 1.